The van der Waals surface area contributed by atoms with Crippen LogP contribution in [0.2, 0.25) is 0 Å². The number of hydrogen-bond acceptors (Lipinski definition) is 3. The lowest BCUT2D eigenvalue weighted by Crippen LogP contribution is -1.97. The van der Waals surface area contributed by atoms with Crippen LogP contribution in [-0.2, 0) is 0 Å². The summed E-state index contributed by atoms with van der Waals surface area (Å²) in [5.74, 6) is 0.755. The minimum absolute atomic E-state index is 0.744. The number of pyridine rings is 1. The van der Waals surface area contributed by atoms with Crippen LogP contribution >= 0.6 is 0 Å². The van der Waals surface area contributed by atoms with Crippen molar-refractivity contribution in [2.75, 3.05) is 11.1 Å². The second-order valence-corrected chi connectivity index (χ2v) is 4.99. The number of hydrogen-bond donors (Lipinski definition) is 2. The van der Waals surface area contributed by atoms with E-state index in [1.54, 1.807) is 6.20 Å². The van der Waals surface area contributed by atoms with Gasteiger partial charge in [-0.05, 0) is 35.7 Å². The molecule has 0 spiro atoms. The van der Waals surface area contributed by atoms with Crippen LogP contribution in [0.4, 0.5) is 17.2 Å². The third kappa shape index (κ3) is 3.03. The number of nitrogens with two attached hydrogens (primary N) is 1. The molecule has 3 heteroatoms. The maximum absolute atomic E-state index is 5.89. The van der Waals surface area contributed by atoms with E-state index in [-0.39, 0.29) is 0 Å². The fraction of sp³-hybridized carbons (Fsp3) is 0.0556. The molecule has 0 aliphatic carbocycles. The minimum atomic E-state index is 0.744. The Morgan fingerprint density at radius 3 is 2.24 bits per heavy atom. The van der Waals surface area contributed by atoms with Crippen molar-refractivity contribution in [2.45, 2.75) is 6.92 Å². The third-order valence-corrected chi connectivity index (χ3v) is 3.41. The molecule has 0 aliphatic rings. The van der Waals surface area contributed by atoms with Crippen molar-refractivity contribution in [1.29, 1.82) is 0 Å². The molecule has 1 aromatic heterocycles. The molecule has 0 amide bonds. The first-order valence-electron chi connectivity index (χ1n) is 6.87. The largest absolute Gasteiger partial charge is 0.398 e. The number of nitrogen functional groups attached to an aromatic ring is 1. The molecule has 104 valence electrons. The minimum Gasteiger partial charge on any atom is -0.398 e. The molecule has 0 saturated carbocycles. The highest BCUT2D eigenvalue weighted by atomic mass is 15.0. The van der Waals surface area contributed by atoms with E-state index in [1.165, 1.54) is 11.1 Å². The molecule has 0 fully saturated rings. The molecule has 21 heavy (non-hydrogen) atoms. The zero-order chi connectivity index (χ0) is 14.7. The Labute approximate surface area is 124 Å². The Hall–Kier alpha value is -2.81. The molecule has 3 rings (SSSR count). The lowest BCUT2D eigenvalue weighted by Gasteiger charge is -2.08. The molecule has 0 unspecified atom stereocenters. The summed E-state index contributed by atoms with van der Waals surface area (Å²) in [6.07, 6.45) is 1.77. The fourth-order valence-electron chi connectivity index (χ4n) is 2.13. The monoisotopic (exact) mass is 275 g/mol. The number of benzene rings is 2. The summed E-state index contributed by atoms with van der Waals surface area (Å²) in [7, 11) is 0. The van der Waals surface area contributed by atoms with Crippen LogP contribution in [0, 0.1) is 6.92 Å². The van der Waals surface area contributed by atoms with Gasteiger partial charge in [0.1, 0.15) is 5.82 Å². The van der Waals surface area contributed by atoms with Gasteiger partial charge in [0.2, 0.25) is 0 Å². The zero-order valence-electron chi connectivity index (χ0n) is 11.9. The Balaban J connectivity index is 1.80. The quantitative estimate of drug-likeness (QED) is 0.745. The number of nitrogens with one attached hydrogen (secondary N) is 1. The molecule has 0 saturated heterocycles. The van der Waals surface area contributed by atoms with E-state index in [1.807, 2.05) is 43.3 Å². The maximum atomic E-state index is 5.89. The van der Waals surface area contributed by atoms with E-state index in [4.69, 9.17) is 5.73 Å². The first kappa shape index (κ1) is 13.2. The molecule has 3 nitrogen and oxygen atoms in total. The van der Waals surface area contributed by atoms with Crippen molar-refractivity contribution in [3.05, 3.63) is 72.4 Å². The molecule has 3 N–H and O–H groups in total. The predicted molar refractivity (Wildman–Crippen MR) is 88.5 cm³/mol. The van der Waals surface area contributed by atoms with Crippen LogP contribution in [0.1, 0.15) is 5.56 Å². The standard InChI is InChI=1S/C18H17N3/c1-13-12-20-18(11-17(13)19)21-16-9-7-15(8-10-16)14-5-3-2-4-6-14/h2-12H,1H3,(H3,19,20,21). The number of rotatable bonds is 3. The van der Waals surface area contributed by atoms with Gasteiger partial charge in [0, 0.05) is 23.6 Å². The highest BCUT2D eigenvalue weighted by Gasteiger charge is 2.01. The van der Waals surface area contributed by atoms with Crippen molar-refractivity contribution in [3.8, 4) is 11.1 Å². The molecule has 0 aliphatic heterocycles. The van der Waals surface area contributed by atoms with Gasteiger partial charge in [0.05, 0.1) is 0 Å². The average Bonchev–Trinajstić information content (AvgIpc) is 2.53. The van der Waals surface area contributed by atoms with E-state index >= 15 is 0 Å². The summed E-state index contributed by atoms with van der Waals surface area (Å²) in [6, 6.07) is 20.4. The molecule has 3 aromatic rings. The van der Waals surface area contributed by atoms with Crippen molar-refractivity contribution in [1.82, 2.24) is 4.98 Å². The van der Waals surface area contributed by atoms with Crippen molar-refractivity contribution < 1.29 is 0 Å². The first-order chi connectivity index (χ1) is 10.2. The van der Waals surface area contributed by atoms with Crippen molar-refractivity contribution in [3.63, 3.8) is 0 Å². The molecule has 0 atom stereocenters. The Morgan fingerprint density at radius 2 is 1.57 bits per heavy atom. The number of nitrogens with zero attached hydrogens (tertiary/aromatic N) is 1. The Kier molecular flexibility index (Phi) is 3.56. The van der Waals surface area contributed by atoms with E-state index < -0.39 is 0 Å². The van der Waals surface area contributed by atoms with Crippen LogP contribution in [-0.4, -0.2) is 4.98 Å². The predicted octanol–water partition coefficient (Wildman–Crippen LogP) is 4.38. The van der Waals surface area contributed by atoms with E-state index in [2.05, 4.69) is 34.6 Å². The second kappa shape index (κ2) is 5.67. The van der Waals surface area contributed by atoms with Crippen LogP contribution < -0.4 is 11.1 Å². The fourth-order valence-corrected chi connectivity index (χ4v) is 2.13. The highest BCUT2D eigenvalue weighted by Crippen LogP contribution is 2.23. The van der Waals surface area contributed by atoms with Gasteiger partial charge in [-0.1, -0.05) is 42.5 Å². The van der Waals surface area contributed by atoms with Crippen molar-refractivity contribution in [2.24, 2.45) is 0 Å². The summed E-state index contributed by atoms with van der Waals surface area (Å²) in [5.41, 5.74) is 11.0. The van der Waals surface area contributed by atoms with Gasteiger partial charge in [-0.15, -0.1) is 0 Å². The summed E-state index contributed by atoms with van der Waals surface area (Å²) < 4.78 is 0. The topological polar surface area (TPSA) is 50.9 Å². The lowest BCUT2D eigenvalue weighted by atomic mass is 10.1. The van der Waals surface area contributed by atoms with Gasteiger partial charge < -0.3 is 11.1 Å². The van der Waals surface area contributed by atoms with Gasteiger partial charge in [0.15, 0.2) is 0 Å². The molecular weight excluding hydrogens is 258 g/mol. The molecule has 2 aromatic carbocycles. The summed E-state index contributed by atoms with van der Waals surface area (Å²) in [4.78, 5) is 4.32. The van der Waals surface area contributed by atoms with Gasteiger partial charge >= 0.3 is 0 Å². The smallest absolute Gasteiger partial charge is 0.132 e. The normalized spacial score (nSPS) is 10.3. The summed E-state index contributed by atoms with van der Waals surface area (Å²) in [6.45, 7) is 1.95. The highest BCUT2D eigenvalue weighted by molar-refractivity contribution is 5.68. The number of anilines is 3. The van der Waals surface area contributed by atoms with Gasteiger partial charge in [-0.25, -0.2) is 4.98 Å². The Morgan fingerprint density at radius 1 is 0.905 bits per heavy atom. The van der Waals surface area contributed by atoms with E-state index in [0.29, 0.717) is 0 Å². The summed E-state index contributed by atoms with van der Waals surface area (Å²) in [5, 5.41) is 3.26. The van der Waals surface area contributed by atoms with Crippen molar-refractivity contribution >= 4 is 17.2 Å². The Bertz CT molecular complexity index is 734. The third-order valence-electron chi connectivity index (χ3n) is 3.41. The van der Waals surface area contributed by atoms with Gasteiger partial charge in [-0.2, -0.15) is 0 Å². The SMILES string of the molecule is Cc1cnc(Nc2ccc(-c3ccccc3)cc2)cc1N. The van der Waals surface area contributed by atoms with Crippen LogP contribution in [0.15, 0.2) is 66.9 Å². The first-order valence-corrected chi connectivity index (χ1v) is 6.87. The number of aryl methyl sites for hydroxylation is 1. The average molecular weight is 275 g/mol. The van der Waals surface area contributed by atoms with E-state index in [9.17, 15) is 0 Å². The zero-order valence-corrected chi connectivity index (χ0v) is 11.9. The maximum Gasteiger partial charge on any atom is 0.132 e. The molecule has 1 heterocycles. The van der Waals surface area contributed by atoms with Crippen LogP contribution in [0.5, 0.6) is 0 Å². The number of aromatic nitrogens is 1. The van der Waals surface area contributed by atoms with Gasteiger partial charge in [-0.3, -0.25) is 0 Å². The molecular formula is C18H17N3. The molecule has 0 radical (unpaired) electrons. The van der Waals surface area contributed by atoms with Crippen LogP contribution in [0.25, 0.3) is 11.1 Å². The van der Waals surface area contributed by atoms with Crippen LogP contribution in [0.3, 0.4) is 0 Å². The lowest BCUT2D eigenvalue weighted by molar-refractivity contribution is 1.26. The summed E-state index contributed by atoms with van der Waals surface area (Å²) >= 11 is 0. The molecule has 0 bridgehead atoms. The van der Waals surface area contributed by atoms with Gasteiger partial charge in [0.25, 0.3) is 0 Å². The van der Waals surface area contributed by atoms with E-state index in [0.717, 1.165) is 22.8 Å². The second-order valence-electron chi connectivity index (χ2n) is 4.99.